The summed E-state index contributed by atoms with van der Waals surface area (Å²) in [6.07, 6.45) is 9.33. The Morgan fingerprint density at radius 2 is 1.95 bits per heavy atom. The van der Waals surface area contributed by atoms with Gasteiger partial charge in [0.1, 0.15) is 0 Å². The number of amides is 1. The van der Waals surface area contributed by atoms with Gasteiger partial charge in [0.15, 0.2) is 0 Å². The van der Waals surface area contributed by atoms with E-state index in [9.17, 15) is 4.79 Å². The maximum absolute atomic E-state index is 12.1. The average Bonchev–Trinajstić information content (AvgIpc) is 3.19. The van der Waals surface area contributed by atoms with Crippen molar-refractivity contribution in [1.29, 1.82) is 0 Å². The SMILES string of the molecule is Cn1ccc(/C=N/NC(=O)c2cccc(-n3cccc3)c2)c1. The molecule has 5 heteroatoms. The number of nitrogens with one attached hydrogen (secondary N) is 1. The van der Waals surface area contributed by atoms with Crippen LogP contribution in [0.25, 0.3) is 5.69 Å². The lowest BCUT2D eigenvalue weighted by atomic mass is 10.2. The Hall–Kier alpha value is -3.08. The Morgan fingerprint density at radius 3 is 2.68 bits per heavy atom. The van der Waals surface area contributed by atoms with E-state index in [1.807, 2.05) is 77.4 Å². The van der Waals surface area contributed by atoms with E-state index in [2.05, 4.69) is 10.5 Å². The maximum Gasteiger partial charge on any atom is 0.271 e. The van der Waals surface area contributed by atoms with Crippen LogP contribution in [0.1, 0.15) is 15.9 Å². The van der Waals surface area contributed by atoms with Crippen molar-refractivity contribution in [2.24, 2.45) is 12.1 Å². The van der Waals surface area contributed by atoms with E-state index in [0.717, 1.165) is 11.3 Å². The number of hydrogen-bond donors (Lipinski definition) is 1. The summed E-state index contributed by atoms with van der Waals surface area (Å²) < 4.78 is 3.87. The fourth-order valence-corrected chi connectivity index (χ4v) is 2.15. The number of nitrogens with zero attached hydrogens (tertiary/aromatic N) is 3. The van der Waals surface area contributed by atoms with Crippen LogP contribution in [-0.2, 0) is 7.05 Å². The molecule has 2 heterocycles. The molecule has 3 rings (SSSR count). The summed E-state index contributed by atoms with van der Waals surface area (Å²) in [6, 6.07) is 13.2. The first-order valence-electron chi connectivity index (χ1n) is 6.91. The topological polar surface area (TPSA) is 51.3 Å². The minimum Gasteiger partial charge on any atom is -0.357 e. The molecule has 0 aliphatic rings. The Bertz CT molecular complexity index is 800. The molecule has 0 radical (unpaired) electrons. The lowest BCUT2D eigenvalue weighted by Gasteiger charge is -2.05. The third-order valence-electron chi connectivity index (χ3n) is 3.25. The Labute approximate surface area is 128 Å². The number of benzene rings is 1. The van der Waals surface area contributed by atoms with Crippen molar-refractivity contribution >= 4 is 12.1 Å². The van der Waals surface area contributed by atoms with Gasteiger partial charge < -0.3 is 9.13 Å². The molecular weight excluding hydrogens is 276 g/mol. The first-order chi connectivity index (χ1) is 10.7. The van der Waals surface area contributed by atoms with E-state index < -0.39 is 0 Å². The van der Waals surface area contributed by atoms with Crippen molar-refractivity contribution < 1.29 is 4.79 Å². The highest BCUT2D eigenvalue weighted by molar-refractivity contribution is 5.95. The van der Waals surface area contributed by atoms with Gasteiger partial charge in [-0.15, -0.1) is 0 Å². The molecule has 2 aromatic heterocycles. The van der Waals surface area contributed by atoms with Crippen LogP contribution in [0.2, 0.25) is 0 Å². The Morgan fingerprint density at radius 1 is 1.14 bits per heavy atom. The normalized spacial score (nSPS) is 11.0. The number of aromatic nitrogens is 2. The zero-order valence-corrected chi connectivity index (χ0v) is 12.2. The van der Waals surface area contributed by atoms with Gasteiger partial charge in [0.25, 0.3) is 5.91 Å². The highest BCUT2D eigenvalue weighted by atomic mass is 16.2. The third-order valence-corrected chi connectivity index (χ3v) is 3.25. The summed E-state index contributed by atoms with van der Waals surface area (Å²) in [5.41, 5.74) is 4.98. The van der Waals surface area contributed by atoms with Gasteiger partial charge in [-0.1, -0.05) is 6.07 Å². The largest absolute Gasteiger partial charge is 0.357 e. The second-order valence-electron chi connectivity index (χ2n) is 4.95. The Balaban J connectivity index is 1.70. The van der Waals surface area contributed by atoms with Gasteiger partial charge in [-0.05, 0) is 36.4 Å². The van der Waals surface area contributed by atoms with Gasteiger partial charge in [0, 0.05) is 48.6 Å². The van der Waals surface area contributed by atoms with Crippen molar-refractivity contribution in [3.63, 3.8) is 0 Å². The van der Waals surface area contributed by atoms with Crippen molar-refractivity contribution in [3.8, 4) is 5.69 Å². The number of hydrogen-bond acceptors (Lipinski definition) is 2. The Kier molecular flexibility index (Phi) is 3.87. The molecule has 110 valence electrons. The van der Waals surface area contributed by atoms with E-state index in [1.54, 1.807) is 12.3 Å². The summed E-state index contributed by atoms with van der Waals surface area (Å²) in [5, 5.41) is 3.98. The van der Waals surface area contributed by atoms with Crippen LogP contribution in [0.15, 0.2) is 72.4 Å². The highest BCUT2D eigenvalue weighted by Gasteiger charge is 2.05. The molecule has 0 saturated heterocycles. The van der Waals surface area contributed by atoms with E-state index in [1.165, 1.54) is 0 Å². The summed E-state index contributed by atoms with van der Waals surface area (Å²) >= 11 is 0. The molecule has 0 fully saturated rings. The van der Waals surface area contributed by atoms with Crippen LogP contribution in [0, 0.1) is 0 Å². The molecule has 5 nitrogen and oxygen atoms in total. The number of hydrazone groups is 1. The van der Waals surface area contributed by atoms with Crippen LogP contribution in [0.4, 0.5) is 0 Å². The first-order valence-corrected chi connectivity index (χ1v) is 6.91. The lowest BCUT2D eigenvalue weighted by Crippen LogP contribution is -2.17. The zero-order chi connectivity index (χ0) is 15.4. The smallest absolute Gasteiger partial charge is 0.271 e. The number of rotatable bonds is 4. The van der Waals surface area contributed by atoms with Gasteiger partial charge in [-0.25, -0.2) is 5.43 Å². The van der Waals surface area contributed by atoms with Crippen LogP contribution in [0.3, 0.4) is 0 Å². The molecular formula is C17H16N4O. The molecule has 3 aromatic rings. The standard InChI is InChI=1S/C17H16N4O/c1-20-10-7-14(13-20)12-18-19-17(22)15-5-4-6-16(11-15)21-8-2-3-9-21/h2-13H,1H3,(H,19,22)/b18-12+. The number of carbonyl (C=O) groups excluding carboxylic acids is 1. The van der Waals surface area contributed by atoms with Crippen molar-refractivity contribution in [2.45, 2.75) is 0 Å². The molecule has 0 saturated carbocycles. The minimum absolute atomic E-state index is 0.235. The van der Waals surface area contributed by atoms with Crippen molar-refractivity contribution in [1.82, 2.24) is 14.6 Å². The molecule has 0 aliphatic carbocycles. The molecule has 0 unspecified atom stereocenters. The van der Waals surface area contributed by atoms with Gasteiger partial charge in [-0.3, -0.25) is 4.79 Å². The summed E-state index contributed by atoms with van der Waals surface area (Å²) in [7, 11) is 1.93. The summed E-state index contributed by atoms with van der Waals surface area (Å²) in [4.78, 5) is 12.1. The molecule has 0 spiro atoms. The lowest BCUT2D eigenvalue weighted by molar-refractivity contribution is 0.0955. The molecule has 1 amide bonds. The monoisotopic (exact) mass is 292 g/mol. The van der Waals surface area contributed by atoms with Crippen LogP contribution in [0.5, 0.6) is 0 Å². The molecule has 22 heavy (non-hydrogen) atoms. The molecule has 0 atom stereocenters. The fraction of sp³-hybridized carbons (Fsp3) is 0.0588. The van der Waals surface area contributed by atoms with Gasteiger partial charge in [0.2, 0.25) is 0 Å². The van der Waals surface area contributed by atoms with Crippen LogP contribution in [-0.4, -0.2) is 21.3 Å². The number of aryl methyl sites for hydroxylation is 1. The predicted molar refractivity (Wildman–Crippen MR) is 86.2 cm³/mol. The van der Waals surface area contributed by atoms with Crippen molar-refractivity contribution in [3.05, 3.63) is 78.4 Å². The predicted octanol–water partition coefficient (Wildman–Crippen LogP) is 2.58. The number of carbonyl (C=O) groups is 1. The molecule has 0 bridgehead atoms. The summed E-state index contributed by atoms with van der Waals surface area (Å²) in [6.45, 7) is 0. The second kappa shape index (κ2) is 6.13. The first kappa shape index (κ1) is 13.9. The summed E-state index contributed by atoms with van der Waals surface area (Å²) in [5.74, 6) is -0.235. The molecule has 1 aromatic carbocycles. The minimum atomic E-state index is -0.235. The maximum atomic E-state index is 12.1. The third kappa shape index (κ3) is 3.15. The van der Waals surface area contributed by atoms with Crippen molar-refractivity contribution in [2.75, 3.05) is 0 Å². The van der Waals surface area contributed by atoms with Gasteiger partial charge in [-0.2, -0.15) is 5.10 Å². The fourth-order valence-electron chi connectivity index (χ4n) is 2.15. The highest BCUT2D eigenvalue weighted by Crippen LogP contribution is 2.10. The molecule has 0 aliphatic heterocycles. The molecule has 1 N–H and O–H groups in total. The average molecular weight is 292 g/mol. The van der Waals surface area contributed by atoms with E-state index in [0.29, 0.717) is 5.56 Å². The van der Waals surface area contributed by atoms with Gasteiger partial charge >= 0.3 is 0 Å². The zero-order valence-electron chi connectivity index (χ0n) is 12.2. The van der Waals surface area contributed by atoms with E-state index >= 15 is 0 Å². The van der Waals surface area contributed by atoms with E-state index in [4.69, 9.17) is 0 Å². The van der Waals surface area contributed by atoms with Crippen LogP contribution < -0.4 is 5.43 Å². The van der Waals surface area contributed by atoms with Crippen LogP contribution >= 0.6 is 0 Å². The van der Waals surface area contributed by atoms with E-state index in [-0.39, 0.29) is 5.91 Å². The quantitative estimate of drug-likeness (QED) is 0.583. The second-order valence-corrected chi connectivity index (χ2v) is 4.95. The van der Waals surface area contributed by atoms with Gasteiger partial charge in [0.05, 0.1) is 6.21 Å².